The van der Waals surface area contributed by atoms with Crippen LogP contribution < -0.4 is 5.73 Å². The first-order valence-corrected chi connectivity index (χ1v) is 6.24. The van der Waals surface area contributed by atoms with Crippen LogP contribution in [0.15, 0.2) is 24.3 Å². The number of hydrogen-bond donors (Lipinski definition) is 1. The van der Waals surface area contributed by atoms with Gasteiger partial charge in [-0.3, -0.25) is 4.79 Å². The van der Waals surface area contributed by atoms with Gasteiger partial charge in [-0.05, 0) is 30.5 Å². The molecule has 0 bridgehead atoms. The monoisotopic (exact) mass is 252 g/mol. The molecule has 0 aliphatic heterocycles. The van der Waals surface area contributed by atoms with E-state index in [9.17, 15) is 9.18 Å². The van der Waals surface area contributed by atoms with Gasteiger partial charge in [-0.2, -0.15) is 0 Å². The summed E-state index contributed by atoms with van der Waals surface area (Å²) in [6.45, 7) is 6.82. The number of likely N-dealkylation sites (N-methyl/N-ethyl adjacent to an activating group) is 1. The van der Waals surface area contributed by atoms with E-state index in [4.69, 9.17) is 5.73 Å². The zero-order valence-electron chi connectivity index (χ0n) is 11.2. The average Bonchev–Trinajstić information content (AvgIpc) is 2.36. The zero-order valence-corrected chi connectivity index (χ0v) is 11.2. The lowest BCUT2D eigenvalue weighted by molar-refractivity contribution is -0.134. The smallest absolute Gasteiger partial charge is 0.240 e. The molecule has 1 rings (SSSR count). The van der Waals surface area contributed by atoms with E-state index < -0.39 is 6.04 Å². The lowest BCUT2D eigenvalue weighted by Gasteiger charge is -2.26. The van der Waals surface area contributed by atoms with Gasteiger partial charge in [-0.1, -0.05) is 26.0 Å². The van der Waals surface area contributed by atoms with E-state index in [-0.39, 0.29) is 17.6 Å². The minimum atomic E-state index is -0.481. The molecular formula is C14H21FN2O. The Hall–Kier alpha value is -1.42. The van der Waals surface area contributed by atoms with Crippen LogP contribution in [-0.4, -0.2) is 23.4 Å². The van der Waals surface area contributed by atoms with Crippen molar-refractivity contribution in [1.82, 2.24) is 4.90 Å². The van der Waals surface area contributed by atoms with Crippen molar-refractivity contribution in [2.75, 3.05) is 6.54 Å². The second-order valence-electron chi connectivity index (χ2n) is 4.75. The average molecular weight is 252 g/mol. The lowest BCUT2D eigenvalue weighted by atomic mass is 10.0. The molecule has 100 valence electrons. The fraction of sp³-hybridized carbons (Fsp3) is 0.500. The van der Waals surface area contributed by atoms with E-state index in [0.29, 0.717) is 13.1 Å². The Labute approximate surface area is 108 Å². The van der Waals surface area contributed by atoms with Gasteiger partial charge in [0.1, 0.15) is 5.82 Å². The molecule has 1 amide bonds. The summed E-state index contributed by atoms with van der Waals surface area (Å²) >= 11 is 0. The normalized spacial score (nSPS) is 12.6. The van der Waals surface area contributed by atoms with Gasteiger partial charge in [-0.15, -0.1) is 0 Å². The van der Waals surface area contributed by atoms with Crippen LogP contribution in [0.2, 0.25) is 0 Å². The standard InChI is InChI=1S/C14H21FN2O/c1-4-17(14(18)13(16)10(2)3)9-11-5-7-12(15)8-6-11/h5-8,10,13H,4,9,16H2,1-3H3/t13-/m0/s1. The molecule has 0 saturated carbocycles. The summed E-state index contributed by atoms with van der Waals surface area (Å²) in [6, 6.07) is 5.69. The summed E-state index contributed by atoms with van der Waals surface area (Å²) in [5.74, 6) is -0.219. The first-order valence-electron chi connectivity index (χ1n) is 6.24. The molecule has 0 radical (unpaired) electrons. The van der Waals surface area contributed by atoms with Crippen molar-refractivity contribution in [1.29, 1.82) is 0 Å². The first-order chi connectivity index (χ1) is 8.45. The van der Waals surface area contributed by atoms with E-state index in [0.717, 1.165) is 5.56 Å². The lowest BCUT2D eigenvalue weighted by Crippen LogP contribution is -2.46. The van der Waals surface area contributed by atoms with Gasteiger partial charge in [-0.25, -0.2) is 4.39 Å². The van der Waals surface area contributed by atoms with Crippen LogP contribution in [0.5, 0.6) is 0 Å². The molecule has 0 fully saturated rings. The van der Waals surface area contributed by atoms with Gasteiger partial charge in [0.15, 0.2) is 0 Å². The molecule has 18 heavy (non-hydrogen) atoms. The van der Waals surface area contributed by atoms with Crippen molar-refractivity contribution in [2.24, 2.45) is 11.7 Å². The molecule has 0 aliphatic rings. The van der Waals surface area contributed by atoms with E-state index in [2.05, 4.69) is 0 Å². The van der Waals surface area contributed by atoms with Crippen LogP contribution in [0.3, 0.4) is 0 Å². The zero-order chi connectivity index (χ0) is 13.7. The quantitative estimate of drug-likeness (QED) is 0.873. The third kappa shape index (κ3) is 3.81. The minimum absolute atomic E-state index is 0.0585. The maximum absolute atomic E-state index is 12.8. The maximum atomic E-state index is 12.8. The number of rotatable bonds is 5. The van der Waals surface area contributed by atoms with Crippen LogP contribution in [-0.2, 0) is 11.3 Å². The molecule has 1 aromatic carbocycles. The number of amides is 1. The van der Waals surface area contributed by atoms with Crippen molar-refractivity contribution in [3.05, 3.63) is 35.6 Å². The molecule has 0 spiro atoms. The number of hydrogen-bond acceptors (Lipinski definition) is 2. The maximum Gasteiger partial charge on any atom is 0.240 e. The number of benzene rings is 1. The highest BCUT2D eigenvalue weighted by atomic mass is 19.1. The Balaban J connectivity index is 2.72. The van der Waals surface area contributed by atoms with Crippen molar-refractivity contribution in [3.63, 3.8) is 0 Å². The van der Waals surface area contributed by atoms with Crippen LogP contribution in [0.25, 0.3) is 0 Å². The van der Waals surface area contributed by atoms with Crippen molar-refractivity contribution >= 4 is 5.91 Å². The van der Waals surface area contributed by atoms with E-state index in [1.807, 2.05) is 20.8 Å². The van der Waals surface area contributed by atoms with Crippen LogP contribution in [0.1, 0.15) is 26.3 Å². The molecule has 0 aromatic heterocycles. The Morgan fingerprint density at radius 1 is 1.33 bits per heavy atom. The SMILES string of the molecule is CCN(Cc1ccc(F)cc1)C(=O)[C@@H](N)C(C)C. The van der Waals surface area contributed by atoms with E-state index in [1.54, 1.807) is 17.0 Å². The fourth-order valence-corrected chi connectivity index (χ4v) is 1.65. The van der Waals surface area contributed by atoms with Crippen molar-refractivity contribution in [2.45, 2.75) is 33.4 Å². The number of nitrogens with zero attached hydrogens (tertiary/aromatic N) is 1. The van der Waals surface area contributed by atoms with Gasteiger partial charge < -0.3 is 10.6 Å². The molecule has 0 heterocycles. The molecule has 0 saturated heterocycles. The predicted octanol–water partition coefficient (Wildman–Crippen LogP) is 2.16. The first kappa shape index (κ1) is 14.6. The predicted molar refractivity (Wildman–Crippen MR) is 70.3 cm³/mol. The third-order valence-electron chi connectivity index (χ3n) is 2.98. The minimum Gasteiger partial charge on any atom is -0.337 e. The van der Waals surface area contributed by atoms with E-state index in [1.165, 1.54) is 12.1 Å². The number of carbonyl (C=O) groups is 1. The Morgan fingerprint density at radius 3 is 2.33 bits per heavy atom. The second-order valence-corrected chi connectivity index (χ2v) is 4.75. The summed E-state index contributed by atoms with van der Waals surface area (Å²) in [6.07, 6.45) is 0. The molecule has 0 unspecified atom stereocenters. The van der Waals surface area contributed by atoms with Crippen LogP contribution in [0, 0.1) is 11.7 Å². The summed E-state index contributed by atoms with van der Waals surface area (Å²) in [4.78, 5) is 13.8. The molecule has 3 nitrogen and oxygen atoms in total. The van der Waals surface area contributed by atoms with Crippen LogP contribution >= 0.6 is 0 Å². The van der Waals surface area contributed by atoms with Gasteiger partial charge in [0.2, 0.25) is 5.91 Å². The number of nitrogens with two attached hydrogens (primary N) is 1. The molecule has 1 atom stereocenters. The molecule has 1 aromatic rings. The molecule has 2 N–H and O–H groups in total. The Morgan fingerprint density at radius 2 is 1.89 bits per heavy atom. The van der Waals surface area contributed by atoms with Gasteiger partial charge in [0, 0.05) is 13.1 Å². The summed E-state index contributed by atoms with van der Waals surface area (Å²) in [7, 11) is 0. The summed E-state index contributed by atoms with van der Waals surface area (Å²) in [5, 5.41) is 0. The van der Waals surface area contributed by atoms with Gasteiger partial charge >= 0.3 is 0 Å². The Bertz CT molecular complexity index is 389. The van der Waals surface area contributed by atoms with Gasteiger partial charge in [0.25, 0.3) is 0 Å². The highest BCUT2D eigenvalue weighted by Gasteiger charge is 2.22. The largest absolute Gasteiger partial charge is 0.337 e. The summed E-state index contributed by atoms with van der Waals surface area (Å²) < 4.78 is 12.8. The number of carbonyl (C=O) groups excluding carboxylic acids is 1. The number of halogens is 1. The second kappa shape index (κ2) is 6.50. The molecule has 4 heteroatoms. The third-order valence-corrected chi connectivity index (χ3v) is 2.98. The Kier molecular flexibility index (Phi) is 5.28. The highest BCUT2D eigenvalue weighted by molar-refractivity contribution is 5.81. The van der Waals surface area contributed by atoms with Crippen molar-refractivity contribution < 1.29 is 9.18 Å². The van der Waals surface area contributed by atoms with Crippen LogP contribution in [0.4, 0.5) is 4.39 Å². The summed E-state index contributed by atoms with van der Waals surface area (Å²) in [5.41, 5.74) is 6.77. The molecule has 0 aliphatic carbocycles. The van der Waals surface area contributed by atoms with E-state index >= 15 is 0 Å². The van der Waals surface area contributed by atoms with Gasteiger partial charge in [0.05, 0.1) is 6.04 Å². The molecular weight excluding hydrogens is 231 g/mol. The van der Waals surface area contributed by atoms with Crippen molar-refractivity contribution in [3.8, 4) is 0 Å². The fourth-order valence-electron chi connectivity index (χ4n) is 1.65. The topological polar surface area (TPSA) is 46.3 Å². The highest BCUT2D eigenvalue weighted by Crippen LogP contribution is 2.10.